The molecule has 0 aliphatic rings. The second kappa shape index (κ2) is 5.24. The van der Waals surface area contributed by atoms with Gasteiger partial charge >= 0.3 is 0 Å². The molecule has 15 heavy (non-hydrogen) atoms. The summed E-state index contributed by atoms with van der Waals surface area (Å²) in [5.74, 6) is 0.519. The maximum absolute atomic E-state index is 8.42. The Hall–Kier alpha value is -0.930. The molecule has 0 amide bonds. The van der Waals surface area contributed by atoms with Crippen molar-refractivity contribution in [1.82, 2.24) is 0 Å². The predicted octanol–water partition coefficient (Wildman–Crippen LogP) is 3.59. The SMILES string of the molecule is CC(C)Oc1cc(/C=N/O)c(Cl)cc1Cl. The summed E-state index contributed by atoms with van der Waals surface area (Å²) < 4.78 is 5.45. The summed E-state index contributed by atoms with van der Waals surface area (Å²) in [7, 11) is 0. The van der Waals surface area contributed by atoms with E-state index < -0.39 is 0 Å². The molecule has 3 nitrogen and oxygen atoms in total. The Morgan fingerprint density at radius 2 is 2.00 bits per heavy atom. The Kier molecular flexibility index (Phi) is 4.24. The van der Waals surface area contributed by atoms with Crippen LogP contribution in [-0.2, 0) is 0 Å². The van der Waals surface area contributed by atoms with Crippen LogP contribution >= 0.6 is 23.2 Å². The van der Waals surface area contributed by atoms with Crippen LogP contribution < -0.4 is 4.74 Å². The van der Waals surface area contributed by atoms with Gasteiger partial charge < -0.3 is 9.94 Å². The van der Waals surface area contributed by atoms with Gasteiger partial charge in [0.05, 0.1) is 22.4 Å². The van der Waals surface area contributed by atoms with E-state index in [1.807, 2.05) is 13.8 Å². The largest absolute Gasteiger partial charge is 0.489 e. The average Bonchev–Trinajstić information content (AvgIpc) is 2.12. The molecule has 1 N–H and O–H groups in total. The minimum atomic E-state index is 0.0163. The van der Waals surface area contributed by atoms with Crippen molar-refractivity contribution in [2.75, 3.05) is 0 Å². The van der Waals surface area contributed by atoms with Gasteiger partial charge in [-0.3, -0.25) is 0 Å². The van der Waals surface area contributed by atoms with Crippen LogP contribution in [-0.4, -0.2) is 17.5 Å². The molecule has 1 aromatic carbocycles. The zero-order valence-electron chi connectivity index (χ0n) is 8.37. The summed E-state index contributed by atoms with van der Waals surface area (Å²) in [5, 5.41) is 12.2. The van der Waals surface area contributed by atoms with Crippen LogP contribution in [0.5, 0.6) is 5.75 Å². The highest BCUT2D eigenvalue weighted by Crippen LogP contribution is 2.31. The number of rotatable bonds is 3. The Bertz CT molecular complexity index is 378. The van der Waals surface area contributed by atoms with E-state index in [1.165, 1.54) is 6.21 Å². The highest BCUT2D eigenvalue weighted by Gasteiger charge is 2.08. The van der Waals surface area contributed by atoms with Gasteiger partial charge in [-0.25, -0.2) is 0 Å². The van der Waals surface area contributed by atoms with E-state index >= 15 is 0 Å². The van der Waals surface area contributed by atoms with Gasteiger partial charge in [0.1, 0.15) is 5.75 Å². The van der Waals surface area contributed by atoms with Crippen LogP contribution in [0.1, 0.15) is 19.4 Å². The van der Waals surface area contributed by atoms with E-state index in [9.17, 15) is 0 Å². The number of hydrogen-bond acceptors (Lipinski definition) is 3. The fraction of sp³-hybridized carbons (Fsp3) is 0.300. The second-order valence-corrected chi connectivity index (χ2v) is 4.03. The lowest BCUT2D eigenvalue weighted by molar-refractivity contribution is 0.242. The van der Waals surface area contributed by atoms with Gasteiger partial charge in [0, 0.05) is 5.56 Å². The summed E-state index contributed by atoms with van der Waals surface area (Å²) in [6, 6.07) is 3.18. The predicted molar refractivity (Wildman–Crippen MR) is 61.6 cm³/mol. The quantitative estimate of drug-likeness (QED) is 0.504. The van der Waals surface area contributed by atoms with Crippen molar-refractivity contribution >= 4 is 29.4 Å². The van der Waals surface area contributed by atoms with E-state index in [0.717, 1.165) is 0 Å². The van der Waals surface area contributed by atoms with Gasteiger partial charge in [0.15, 0.2) is 0 Å². The molecule has 0 aliphatic carbocycles. The van der Waals surface area contributed by atoms with Gasteiger partial charge in [0.25, 0.3) is 0 Å². The first kappa shape index (κ1) is 12.1. The maximum Gasteiger partial charge on any atom is 0.139 e. The van der Waals surface area contributed by atoms with Crippen LogP contribution in [0, 0.1) is 0 Å². The van der Waals surface area contributed by atoms with Crippen molar-refractivity contribution in [3.05, 3.63) is 27.7 Å². The lowest BCUT2D eigenvalue weighted by Crippen LogP contribution is -2.06. The standard InChI is InChI=1S/C10H11Cl2NO2/c1-6(2)15-10-3-7(5-13-14)8(11)4-9(10)12/h3-6,14H,1-2H3/b13-5+. The third-order valence-electron chi connectivity index (χ3n) is 1.61. The molecule has 0 saturated carbocycles. The minimum absolute atomic E-state index is 0.0163. The molecule has 82 valence electrons. The summed E-state index contributed by atoms with van der Waals surface area (Å²) in [6.07, 6.45) is 1.24. The van der Waals surface area contributed by atoms with Crippen molar-refractivity contribution in [3.8, 4) is 5.75 Å². The number of hydrogen-bond donors (Lipinski definition) is 1. The van der Waals surface area contributed by atoms with Crippen LogP contribution in [0.15, 0.2) is 17.3 Å². The van der Waals surface area contributed by atoms with Crippen molar-refractivity contribution in [3.63, 3.8) is 0 Å². The summed E-state index contributed by atoms with van der Waals surface area (Å²) >= 11 is 11.8. The molecule has 0 aromatic heterocycles. The Morgan fingerprint density at radius 3 is 2.53 bits per heavy atom. The third-order valence-corrected chi connectivity index (χ3v) is 2.23. The van der Waals surface area contributed by atoms with Crippen molar-refractivity contribution in [2.24, 2.45) is 5.16 Å². The molecule has 0 radical (unpaired) electrons. The number of ether oxygens (including phenoxy) is 1. The minimum Gasteiger partial charge on any atom is -0.489 e. The van der Waals surface area contributed by atoms with E-state index in [-0.39, 0.29) is 6.10 Å². The first-order valence-electron chi connectivity index (χ1n) is 4.37. The van der Waals surface area contributed by atoms with Gasteiger partial charge in [-0.05, 0) is 26.0 Å². The first-order valence-corrected chi connectivity index (χ1v) is 5.13. The molecule has 0 unspecified atom stereocenters. The Labute approximate surface area is 98.3 Å². The van der Waals surface area contributed by atoms with Gasteiger partial charge in [0.2, 0.25) is 0 Å². The molecule has 0 atom stereocenters. The number of benzene rings is 1. The molecule has 5 heteroatoms. The van der Waals surface area contributed by atoms with E-state index in [4.69, 9.17) is 33.1 Å². The molecule has 1 rings (SSSR count). The van der Waals surface area contributed by atoms with Crippen molar-refractivity contribution < 1.29 is 9.94 Å². The highest BCUT2D eigenvalue weighted by atomic mass is 35.5. The zero-order chi connectivity index (χ0) is 11.4. The fourth-order valence-electron chi connectivity index (χ4n) is 1.05. The van der Waals surface area contributed by atoms with Crippen LogP contribution in [0.2, 0.25) is 10.0 Å². The molecule has 0 heterocycles. The Balaban J connectivity index is 3.11. The van der Waals surface area contributed by atoms with Gasteiger partial charge in [-0.2, -0.15) is 0 Å². The van der Waals surface area contributed by atoms with E-state index in [1.54, 1.807) is 12.1 Å². The first-order chi connectivity index (χ1) is 7.04. The topological polar surface area (TPSA) is 41.8 Å². The molecule has 0 saturated heterocycles. The smallest absolute Gasteiger partial charge is 0.139 e. The molecule has 0 fully saturated rings. The molecule has 0 spiro atoms. The number of halogens is 2. The number of oxime groups is 1. The molecular weight excluding hydrogens is 237 g/mol. The van der Waals surface area contributed by atoms with E-state index in [0.29, 0.717) is 21.4 Å². The van der Waals surface area contributed by atoms with Gasteiger partial charge in [-0.15, -0.1) is 0 Å². The lowest BCUT2D eigenvalue weighted by atomic mass is 10.2. The maximum atomic E-state index is 8.42. The third kappa shape index (κ3) is 3.29. The molecule has 0 bridgehead atoms. The molecule has 1 aromatic rings. The Morgan fingerprint density at radius 1 is 1.33 bits per heavy atom. The normalized spacial score (nSPS) is 11.3. The number of nitrogens with zero attached hydrogens (tertiary/aromatic N) is 1. The van der Waals surface area contributed by atoms with E-state index in [2.05, 4.69) is 5.16 Å². The van der Waals surface area contributed by atoms with Crippen LogP contribution in [0.4, 0.5) is 0 Å². The summed E-state index contributed by atoms with van der Waals surface area (Å²) in [5.41, 5.74) is 0.555. The summed E-state index contributed by atoms with van der Waals surface area (Å²) in [4.78, 5) is 0. The molecular formula is C10H11Cl2NO2. The van der Waals surface area contributed by atoms with Crippen molar-refractivity contribution in [2.45, 2.75) is 20.0 Å². The monoisotopic (exact) mass is 247 g/mol. The highest BCUT2D eigenvalue weighted by molar-refractivity contribution is 6.37. The summed E-state index contributed by atoms with van der Waals surface area (Å²) in [6.45, 7) is 3.79. The molecule has 0 aliphatic heterocycles. The second-order valence-electron chi connectivity index (χ2n) is 3.22. The zero-order valence-corrected chi connectivity index (χ0v) is 9.88. The lowest BCUT2D eigenvalue weighted by Gasteiger charge is -2.12. The van der Waals surface area contributed by atoms with Gasteiger partial charge in [-0.1, -0.05) is 28.4 Å². The van der Waals surface area contributed by atoms with Crippen LogP contribution in [0.25, 0.3) is 0 Å². The average molecular weight is 248 g/mol. The van der Waals surface area contributed by atoms with Crippen LogP contribution in [0.3, 0.4) is 0 Å². The fourth-order valence-corrected chi connectivity index (χ4v) is 1.53. The van der Waals surface area contributed by atoms with Crippen molar-refractivity contribution in [1.29, 1.82) is 0 Å².